The molecule has 0 aromatic heterocycles. The van der Waals surface area contributed by atoms with Gasteiger partial charge in [0, 0.05) is 18.7 Å². The maximum absolute atomic E-state index is 13.2. The number of nitrogens with zero attached hydrogens (tertiary/aromatic N) is 1. The molecule has 1 aliphatic carbocycles. The molecular formula is C26H34N2O3S. The number of carbonyl (C=O) groups excluding carboxylic acids is 1. The average Bonchev–Trinajstić information content (AvgIpc) is 2.82. The normalized spacial score (nSPS) is 18.1. The molecule has 1 N–H and O–H groups in total. The fourth-order valence-corrected chi connectivity index (χ4v) is 6.66. The zero-order chi connectivity index (χ0) is 22.7. The number of carbonyl (C=O) groups is 1. The van der Waals surface area contributed by atoms with Gasteiger partial charge in [-0.1, -0.05) is 37.6 Å². The van der Waals surface area contributed by atoms with Crippen molar-refractivity contribution in [2.75, 3.05) is 13.1 Å². The second kappa shape index (κ2) is 9.75. The number of sulfonamides is 1. The summed E-state index contributed by atoms with van der Waals surface area (Å²) in [6.45, 7) is 4.95. The minimum Gasteiger partial charge on any atom is -0.345 e. The van der Waals surface area contributed by atoms with Gasteiger partial charge < -0.3 is 5.32 Å². The van der Waals surface area contributed by atoms with Crippen molar-refractivity contribution < 1.29 is 13.2 Å². The van der Waals surface area contributed by atoms with Crippen LogP contribution in [0.3, 0.4) is 0 Å². The quantitative estimate of drug-likeness (QED) is 0.673. The molecule has 1 unspecified atom stereocenters. The third kappa shape index (κ3) is 4.76. The van der Waals surface area contributed by atoms with Crippen LogP contribution in [0.2, 0.25) is 0 Å². The van der Waals surface area contributed by atoms with Gasteiger partial charge in [0.2, 0.25) is 10.0 Å². The van der Waals surface area contributed by atoms with Crippen LogP contribution in [0.15, 0.2) is 41.3 Å². The molecule has 1 aliphatic heterocycles. The van der Waals surface area contributed by atoms with Crippen molar-refractivity contribution in [3.05, 3.63) is 64.2 Å². The van der Waals surface area contributed by atoms with Crippen LogP contribution >= 0.6 is 0 Å². The highest BCUT2D eigenvalue weighted by Crippen LogP contribution is 2.27. The van der Waals surface area contributed by atoms with E-state index in [1.54, 1.807) is 29.4 Å². The van der Waals surface area contributed by atoms with E-state index in [1.807, 2.05) is 0 Å². The molecule has 2 aromatic rings. The van der Waals surface area contributed by atoms with Gasteiger partial charge in [-0.15, -0.1) is 0 Å². The highest BCUT2D eigenvalue weighted by Gasteiger charge is 2.28. The van der Waals surface area contributed by atoms with Crippen molar-refractivity contribution in [2.45, 2.75) is 76.2 Å². The van der Waals surface area contributed by atoms with Crippen LogP contribution in [0, 0.1) is 6.92 Å². The molecule has 0 bridgehead atoms. The molecule has 2 aromatic carbocycles. The van der Waals surface area contributed by atoms with Gasteiger partial charge in [-0.3, -0.25) is 4.79 Å². The third-order valence-electron chi connectivity index (χ3n) is 6.87. The van der Waals surface area contributed by atoms with Crippen LogP contribution in [0.1, 0.15) is 84.1 Å². The zero-order valence-electron chi connectivity index (χ0n) is 19.2. The SMILES string of the molecule is CCC(NC(=O)c1ccc(C)c(S(=O)(=O)N2CCCCC2)c1)c1ccc2c(c1)CCCC2. The van der Waals surface area contributed by atoms with Crippen LogP contribution in [-0.2, 0) is 22.9 Å². The number of hydrogen-bond donors (Lipinski definition) is 1. The maximum atomic E-state index is 13.2. The van der Waals surface area contributed by atoms with Gasteiger partial charge in [0.15, 0.2) is 0 Å². The summed E-state index contributed by atoms with van der Waals surface area (Å²) in [5.41, 5.74) is 5.00. The lowest BCUT2D eigenvalue weighted by Crippen LogP contribution is -2.36. The van der Waals surface area contributed by atoms with Crippen LogP contribution in [0.5, 0.6) is 0 Å². The molecule has 1 heterocycles. The van der Waals surface area contributed by atoms with E-state index >= 15 is 0 Å². The number of aryl methyl sites for hydroxylation is 3. The Balaban J connectivity index is 1.56. The first-order valence-corrected chi connectivity index (χ1v) is 13.4. The minimum absolute atomic E-state index is 0.0989. The van der Waals surface area contributed by atoms with Gasteiger partial charge in [-0.2, -0.15) is 4.31 Å². The van der Waals surface area contributed by atoms with E-state index in [1.165, 1.54) is 24.0 Å². The standard InChI is InChI=1S/C26H34N2O3S/c1-3-24(22-14-13-20-9-5-6-10-21(20)17-22)27-26(29)23-12-11-19(2)25(18-23)32(30,31)28-15-7-4-8-16-28/h11-14,17-18,24H,3-10,15-16H2,1-2H3,(H,27,29). The summed E-state index contributed by atoms with van der Waals surface area (Å²) in [7, 11) is -3.59. The van der Waals surface area contributed by atoms with Crippen LogP contribution in [0.4, 0.5) is 0 Å². The Morgan fingerprint density at radius 1 is 0.969 bits per heavy atom. The number of hydrogen-bond acceptors (Lipinski definition) is 3. The Labute approximate surface area is 192 Å². The Morgan fingerprint density at radius 3 is 2.41 bits per heavy atom. The van der Waals surface area contributed by atoms with Crippen LogP contribution < -0.4 is 5.32 Å². The Bertz CT molecular complexity index is 1090. The number of amides is 1. The number of piperidine rings is 1. The van der Waals surface area contributed by atoms with Gasteiger partial charge in [0.05, 0.1) is 10.9 Å². The third-order valence-corrected chi connectivity index (χ3v) is 8.91. The van der Waals surface area contributed by atoms with E-state index < -0.39 is 10.0 Å². The molecule has 6 heteroatoms. The molecule has 0 radical (unpaired) electrons. The predicted octanol–water partition coefficient (Wildman–Crippen LogP) is 4.93. The van der Waals surface area contributed by atoms with Crippen LogP contribution in [-0.4, -0.2) is 31.7 Å². The molecule has 172 valence electrons. The van der Waals surface area contributed by atoms with E-state index in [0.29, 0.717) is 24.2 Å². The van der Waals surface area contributed by atoms with E-state index in [9.17, 15) is 13.2 Å². The van der Waals surface area contributed by atoms with E-state index in [2.05, 4.69) is 30.4 Å². The first-order valence-electron chi connectivity index (χ1n) is 11.9. The van der Waals surface area contributed by atoms with Crippen molar-refractivity contribution in [1.29, 1.82) is 0 Å². The largest absolute Gasteiger partial charge is 0.345 e. The second-order valence-corrected chi connectivity index (χ2v) is 11.0. The van der Waals surface area contributed by atoms with Crippen LogP contribution in [0.25, 0.3) is 0 Å². The summed E-state index contributed by atoms with van der Waals surface area (Å²) >= 11 is 0. The molecule has 0 saturated carbocycles. The molecule has 4 rings (SSSR count). The number of fused-ring (bicyclic) bond motifs is 1. The summed E-state index contributed by atoms with van der Waals surface area (Å²) < 4.78 is 28.0. The molecular weight excluding hydrogens is 420 g/mol. The summed E-state index contributed by atoms with van der Waals surface area (Å²) in [6, 6.07) is 11.5. The summed E-state index contributed by atoms with van der Waals surface area (Å²) in [4.78, 5) is 13.4. The molecule has 5 nitrogen and oxygen atoms in total. The smallest absolute Gasteiger partial charge is 0.251 e. The van der Waals surface area contributed by atoms with Crippen molar-refractivity contribution >= 4 is 15.9 Å². The molecule has 0 spiro atoms. The average molecular weight is 455 g/mol. The van der Waals surface area contributed by atoms with E-state index in [-0.39, 0.29) is 16.8 Å². The van der Waals surface area contributed by atoms with Crippen molar-refractivity contribution in [2.24, 2.45) is 0 Å². The van der Waals surface area contributed by atoms with E-state index in [0.717, 1.165) is 44.1 Å². The summed E-state index contributed by atoms with van der Waals surface area (Å²) in [5, 5.41) is 3.14. The van der Waals surface area contributed by atoms with Crippen molar-refractivity contribution in [1.82, 2.24) is 9.62 Å². The first kappa shape index (κ1) is 23.0. The van der Waals surface area contributed by atoms with Crippen molar-refractivity contribution in [3.8, 4) is 0 Å². The lowest BCUT2D eigenvalue weighted by Gasteiger charge is -2.27. The number of nitrogens with one attached hydrogen (secondary N) is 1. The second-order valence-electron chi connectivity index (χ2n) is 9.11. The van der Waals surface area contributed by atoms with Gasteiger partial charge in [0.25, 0.3) is 5.91 Å². The monoisotopic (exact) mass is 454 g/mol. The molecule has 1 saturated heterocycles. The highest BCUT2D eigenvalue weighted by atomic mass is 32.2. The van der Waals surface area contributed by atoms with Gasteiger partial charge in [-0.25, -0.2) is 8.42 Å². The molecule has 32 heavy (non-hydrogen) atoms. The fraction of sp³-hybridized carbons (Fsp3) is 0.500. The Morgan fingerprint density at radius 2 is 1.69 bits per heavy atom. The maximum Gasteiger partial charge on any atom is 0.251 e. The van der Waals surface area contributed by atoms with E-state index in [4.69, 9.17) is 0 Å². The first-order chi connectivity index (χ1) is 15.4. The van der Waals surface area contributed by atoms with Crippen molar-refractivity contribution in [3.63, 3.8) is 0 Å². The zero-order valence-corrected chi connectivity index (χ0v) is 20.0. The molecule has 1 atom stereocenters. The topological polar surface area (TPSA) is 66.5 Å². The number of rotatable bonds is 6. The van der Waals surface area contributed by atoms with Gasteiger partial charge in [-0.05, 0) is 86.3 Å². The Hall–Kier alpha value is -2.18. The van der Waals surface area contributed by atoms with Gasteiger partial charge >= 0.3 is 0 Å². The minimum atomic E-state index is -3.59. The predicted molar refractivity (Wildman–Crippen MR) is 127 cm³/mol. The highest BCUT2D eigenvalue weighted by molar-refractivity contribution is 7.89. The van der Waals surface area contributed by atoms with Gasteiger partial charge in [0.1, 0.15) is 0 Å². The summed E-state index contributed by atoms with van der Waals surface area (Å²) in [5.74, 6) is -0.232. The summed E-state index contributed by atoms with van der Waals surface area (Å²) in [6.07, 6.45) is 8.31. The Kier molecular flexibility index (Phi) is 7.01. The lowest BCUT2D eigenvalue weighted by atomic mass is 9.88. The lowest BCUT2D eigenvalue weighted by molar-refractivity contribution is 0.0935. The molecule has 2 aliphatic rings. The number of benzene rings is 2. The fourth-order valence-electron chi connectivity index (χ4n) is 4.90. The molecule has 1 fully saturated rings. The molecule has 1 amide bonds.